The molecule has 0 spiro atoms. The van der Waals surface area contributed by atoms with Gasteiger partial charge in [0.1, 0.15) is 16.2 Å². The average molecular weight is 310 g/mol. The van der Waals surface area contributed by atoms with Crippen molar-refractivity contribution >= 4 is 21.7 Å². The minimum atomic E-state index is 0.398. The van der Waals surface area contributed by atoms with E-state index in [2.05, 4.69) is 45.7 Å². The number of aromatic nitrogens is 2. The Hall–Kier alpha value is -0.640. The smallest absolute Gasteiger partial charge is 0.135 e. The largest absolute Gasteiger partial charge is 0.356 e. The molecule has 4 heteroatoms. The molecule has 98 valence electrons. The first-order valence-corrected chi connectivity index (χ1v) is 7.62. The number of nitrogens with zero attached hydrogens (tertiary/aromatic N) is 3. The van der Waals surface area contributed by atoms with E-state index >= 15 is 0 Å². The molecule has 3 nitrogen and oxygen atoms in total. The minimum absolute atomic E-state index is 0.398. The summed E-state index contributed by atoms with van der Waals surface area (Å²) in [6.07, 6.45) is 5.07. The second-order valence-electron chi connectivity index (χ2n) is 6.37. The van der Waals surface area contributed by atoms with Crippen LogP contribution in [0.15, 0.2) is 10.7 Å². The molecule has 0 radical (unpaired) electrons. The van der Waals surface area contributed by atoms with E-state index in [1.54, 1.807) is 0 Å². The summed E-state index contributed by atoms with van der Waals surface area (Å²) in [5.74, 6) is 2.74. The van der Waals surface area contributed by atoms with Crippen LogP contribution in [0, 0.1) is 5.41 Å². The van der Waals surface area contributed by atoms with Crippen LogP contribution in [-0.2, 0) is 0 Å². The van der Waals surface area contributed by atoms with Gasteiger partial charge in [-0.15, -0.1) is 0 Å². The van der Waals surface area contributed by atoms with Gasteiger partial charge in [0.2, 0.25) is 0 Å². The molecule has 0 aromatic carbocycles. The summed E-state index contributed by atoms with van der Waals surface area (Å²) in [6, 6.07) is 2.06. The summed E-state index contributed by atoms with van der Waals surface area (Å²) < 4.78 is 0.928. The van der Waals surface area contributed by atoms with Crippen molar-refractivity contribution in [2.45, 2.75) is 45.4 Å². The SMILES string of the molecule is CC1(C)CCCN(c2cc(Br)nc(C3CC3)n2)C1. The van der Waals surface area contributed by atoms with Crippen molar-refractivity contribution in [1.82, 2.24) is 9.97 Å². The monoisotopic (exact) mass is 309 g/mol. The van der Waals surface area contributed by atoms with Crippen LogP contribution in [0.25, 0.3) is 0 Å². The Morgan fingerprint density at radius 3 is 2.78 bits per heavy atom. The Morgan fingerprint density at radius 2 is 2.11 bits per heavy atom. The van der Waals surface area contributed by atoms with Crippen molar-refractivity contribution in [1.29, 1.82) is 0 Å². The summed E-state index contributed by atoms with van der Waals surface area (Å²) in [5, 5.41) is 0. The lowest BCUT2D eigenvalue weighted by molar-refractivity contribution is 0.292. The second kappa shape index (κ2) is 4.48. The highest BCUT2D eigenvalue weighted by Crippen LogP contribution is 2.39. The van der Waals surface area contributed by atoms with Gasteiger partial charge in [0.05, 0.1) is 0 Å². The fraction of sp³-hybridized carbons (Fsp3) is 0.714. The first-order valence-electron chi connectivity index (χ1n) is 6.83. The Labute approximate surface area is 117 Å². The predicted molar refractivity (Wildman–Crippen MR) is 76.9 cm³/mol. The molecular formula is C14H20BrN3. The predicted octanol–water partition coefficient (Wildman–Crippen LogP) is 3.74. The van der Waals surface area contributed by atoms with Crippen molar-refractivity contribution in [3.63, 3.8) is 0 Å². The molecule has 2 fully saturated rings. The highest BCUT2D eigenvalue weighted by Gasteiger charge is 2.30. The fourth-order valence-electron chi connectivity index (χ4n) is 2.73. The minimum Gasteiger partial charge on any atom is -0.356 e. The van der Waals surface area contributed by atoms with Crippen LogP contribution in [0.2, 0.25) is 0 Å². The van der Waals surface area contributed by atoms with E-state index in [4.69, 9.17) is 4.98 Å². The number of piperidine rings is 1. The zero-order valence-corrected chi connectivity index (χ0v) is 12.7. The van der Waals surface area contributed by atoms with E-state index < -0.39 is 0 Å². The summed E-state index contributed by atoms with van der Waals surface area (Å²) in [4.78, 5) is 11.7. The molecule has 1 aliphatic carbocycles. The molecule has 18 heavy (non-hydrogen) atoms. The third kappa shape index (κ3) is 2.68. The van der Waals surface area contributed by atoms with Gasteiger partial charge in [-0.05, 0) is 47.0 Å². The zero-order chi connectivity index (χ0) is 12.8. The van der Waals surface area contributed by atoms with Crippen LogP contribution in [0.5, 0.6) is 0 Å². The standard InChI is InChI=1S/C14H20BrN3/c1-14(2)6-3-7-18(9-14)12-8-11(15)16-13(17-12)10-4-5-10/h8,10H,3-7,9H2,1-2H3. The van der Waals surface area contributed by atoms with Gasteiger partial charge < -0.3 is 4.90 Å². The van der Waals surface area contributed by atoms with Crippen LogP contribution in [-0.4, -0.2) is 23.1 Å². The first kappa shape index (κ1) is 12.4. The van der Waals surface area contributed by atoms with E-state index in [1.165, 1.54) is 25.7 Å². The first-order chi connectivity index (χ1) is 8.53. The molecule has 1 aromatic heterocycles. The third-order valence-electron chi connectivity index (χ3n) is 3.87. The molecular weight excluding hydrogens is 290 g/mol. The topological polar surface area (TPSA) is 29.0 Å². The van der Waals surface area contributed by atoms with Crippen LogP contribution >= 0.6 is 15.9 Å². The van der Waals surface area contributed by atoms with Gasteiger partial charge in [0.15, 0.2) is 0 Å². The Kier molecular flexibility index (Phi) is 3.08. The average Bonchev–Trinajstić information content (AvgIpc) is 3.10. The van der Waals surface area contributed by atoms with Gasteiger partial charge in [0, 0.05) is 25.1 Å². The van der Waals surface area contributed by atoms with Gasteiger partial charge >= 0.3 is 0 Å². The van der Waals surface area contributed by atoms with Crippen molar-refractivity contribution in [2.24, 2.45) is 5.41 Å². The molecule has 0 N–H and O–H groups in total. The molecule has 2 aliphatic rings. The van der Waals surface area contributed by atoms with E-state index in [0.717, 1.165) is 29.3 Å². The summed E-state index contributed by atoms with van der Waals surface area (Å²) in [5.41, 5.74) is 0.398. The number of rotatable bonds is 2. The maximum absolute atomic E-state index is 4.77. The summed E-state index contributed by atoms with van der Waals surface area (Å²) in [6.45, 7) is 6.91. The van der Waals surface area contributed by atoms with Crippen LogP contribution in [0.4, 0.5) is 5.82 Å². The number of anilines is 1. The zero-order valence-electron chi connectivity index (χ0n) is 11.1. The Balaban J connectivity index is 1.86. The van der Waals surface area contributed by atoms with Gasteiger partial charge in [0.25, 0.3) is 0 Å². The Morgan fingerprint density at radius 1 is 1.33 bits per heavy atom. The molecule has 0 unspecified atom stereocenters. The maximum Gasteiger partial charge on any atom is 0.135 e. The maximum atomic E-state index is 4.77. The van der Waals surface area contributed by atoms with E-state index in [-0.39, 0.29) is 0 Å². The molecule has 1 aromatic rings. The van der Waals surface area contributed by atoms with E-state index in [9.17, 15) is 0 Å². The molecule has 1 aliphatic heterocycles. The molecule has 0 amide bonds. The van der Waals surface area contributed by atoms with Crippen molar-refractivity contribution < 1.29 is 0 Å². The van der Waals surface area contributed by atoms with Crippen molar-refractivity contribution in [3.8, 4) is 0 Å². The molecule has 3 rings (SSSR count). The normalized spacial score (nSPS) is 23.2. The molecule has 2 heterocycles. The quantitative estimate of drug-likeness (QED) is 0.779. The van der Waals surface area contributed by atoms with Crippen LogP contribution in [0.3, 0.4) is 0 Å². The Bertz CT molecular complexity index is 454. The third-order valence-corrected chi connectivity index (χ3v) is 4.27. The van der Waals surface area contributed by atoms with Gasteiger partial charge in [-0.2, -0.15) is 0 Å². The lowest BCUT2D eigenvalue weighted by Crippen LogP contribution is -2.40. The van der Waals surface area contributed by atoms with Crippen LogP contribution in [0.1, 0.15) is 51.3 Å². The molecule has 0 bridgehead atoms. The number of hydrogen-bond acceptors (Lipinski definition) is 3. The van der Waals surface area contributed by atoms with E-state index in [1.807, 2.05) is 0 Å². The molecule has 1 saturated carbocycles. The van der Waals surface area contributed by atoms with Gasteiger partial charge in [-0.3, -0.25) is 0 Å². The molecule has 1 saturated heterocycles. The summed E-state index contributed by atoms with van der Waals surface area (Å²) >= 11 is 3.53. The van der Waals surface area contributed by atoms with Crippen molar-refractivity contribution in [3.05, 3.63) is 16.5 Å². The number of hydrogen-bond donors (Lipinski definition) is 0. The summed E-state index contributed by atoms with van der Waals surface area (Å²) in [7, 11) is 0. The highest BCUT2D eigenvalue weighted by atomic mass is 79.9. The van der Waals surface area contributed by atoms with Crippen molar-refractivity contribution in [2.75, 3.05) is 18.0 Å². The lowest BCUT2D eigenvalue weighted by atomic mass is 9.84. The fourth-order valence-corrected chi connectivity index (χ4v) is 3.11. The van der Waals surface area contributed by atoms with Crippen LogP contribution < -0.4 is 4.90 Å². The van der Waals surface area contributed by atoms with E-state index in [0.29, 0.717) is 11.3 Å². The second-order valence-corrected chi connectivity index (χ2v) is 7.18. The molecule has 0 atom stereocenters. The van der Waals surface area contributed by atoms with Gasteiger partial charge in [-0.1, -0.05) is 13.8 Å². The number of halogens is 1. The lowest BCUT2D eigenvalue weighted by Gasteiger charge is -2.38. The van der Waals surface area contributed by atoms with Gasteiger partial charge in [-0.25, -0.2) is 9.97 Å². The highest BCUT2D eigenvalue weighted by molar-refractivity contribution is 9.10.